The average molecular weight is 607 g/mol. The van der Waals surface area contributed by atoms with Gasteiger partial charge in [0.1, 0.15) is 18.3 Å². The summed E-state index contributed by atoms with van der Waals surface area (Å²) in [6.45, 7) is 6.53. The third-order valence-corrected chi connectivity index (χ3v) is 8.47. The van der Waals surface area contributed by atoms with E-state index in [2.05, 4.69) is 5.32 Å². The summed E-state index contributed by atoms with van der Waals surface area (Å²) in [5, 5.41) is 3.47. The smallest absolute Gasteiger partial charge is 0.264 e. The van der Waals surface area contributed by atoms with Gasteiger partial charge in [0, 0.05) is 17.6 Å². The fourth-order valence-electron chi connectivity index (χ4n) is 4.00. The number of benzene rings is 3. The lowest BCUT2D eigenvalue weighted by atomic mass is 10.1. The number of nitrogens with one attached hydrogen (secondary N) is 1. The van der Waals surface area contributed by atoms with Crippen molar-refractivity contribution in [3.8, 4) is 5.75 Å². The zero-order valence-electron chi connectivity index (χ0n) is 23.0. The lowest BCUT2D eigenvalue weighted by Crippen LogP contribution is -2.52. The second-order valence-electron chi connectivity index (χ2n) is 9.63. The van der Waals surface area contributed by atoms with E-state index in [4.69, 9.17) is 27.9 Å². The van der Waals surface area contributed by atoms with Crippen LogP contribution in [0.4, 0.5) is 5.69 Å². The van der Waals surface area contributed by atoms with Crippen LogP contribution in [-0.4, -0.2) is 50.9 Å². The summed E-state index contributed by atoms with van der Waals surface area (Å²) in [7, 11) is -2.77. The number of hydrogen-bond donors (Lipinski definition) is 1. The molecule has 0 unspecified atom stereocenters. The predicted molar refractivity (Wildman–Crippen MR) is 158 cm³/mol. The SMILES string of the molecule is COc1ccc(N(CC(=O)N(Cc2cccc(Cl)c2)[C@H](C)C(=O)NC(C)C)S(=O)(=O)c2ccc(C)cc2)cc1Cl. The van der Waals surface area contributed by atoms with Gasteiger partial charge >= 0.3 is 0 Å². The summed E-state index contributed by atoms with van der Waals surface area (Å²) in [6, 6.07) is 16.7. The molecule has 3 aromatic carbocycles. The summed E-state index contributed by atoms with van der Waals surface area (Å²) < 4.78 is 34.0. The van der Waals surface area contributed by atoms with Gasteiger partial charge in [0.2, 0.25) is 11.8 Å². The molecule has 0 aliphatic heterocycles. The molecule has 0 saturated heterocycles. The average Bonchev–Trinajstić information content (AvgIpc) is 2.89. The number of sulfonamides is 1. The van der Waals surface area contributed by atoms with Crippen LogP contribution in [0.25, 0.3) is 0 Å². The lowest BCUT2D eigenvalue weighted by Gasteiger charge is -2.32. The third kappa shape index (κ3) is 7.68. The Hall–Kier alpha value is -3.27. The molecule has 214 valence electrons. The highest BCUT2D eigenvalue weighted by Crippen LogP contribution is 2.32. The standard InChI is InChI=1S/C29H33Cl2N3O5S/c1-19(2)32-29(36)21(4)33(17-22-7-6-8-23(30)15-22)28(35)18-34(24-11-14-27(39-5)26(31)16-24)40(37,38)25-12-9-20(3)10-13-25/h6-16,19,21H,17-18H2,1-5H3,(H,32,36)/t21-/m1/s1. The molecule has 0 spiro atoms. The first-order valence-corrected chi connectivity index (χ1v) is 14.8. The molecule has 8 nitrogen and oxygen atoms in total. The van der Waals surface area contributed by atoms with Crippen molar-refractivity contribution in [3.05, 3.63) is 87.9 Å². The maximum atomic E-state index is 13.9. The molecule has 2 amide bonds. The largest absolute Gasteiger partial charge is 0.495 e. The van der Waals surface area contributed by atoms with Crippen LogP contribution < -0.4 is 14.4 Å². The van der Waals surface area contributed by atoms with Crippen LogP contribution >= 0.6 is 23.2 Å². The van der Waals surface area contributed by atoms with Gasteiger partial charge in [-0.3, -0.25) is 13.9 Å². The van der Waals surface area contributed by atoms with Crippen LogP contribution in [0.2, 0.25) is 10.0 Å². The first-order valence-electron chi connectivity index (χ1n) is 12.6. The van der Waals surface area contributed by atoms with Crippen LogP contribution in [0.5, 0.6) is 5.75 Å². The van der Waals surface area contributed by atoms with Crippen molar-refractivity contribution >= 4 is 50.7 Å². The molecule has 0 aromatic heterocycles. The zero-order valence-corrected chi connectivity index (χ0v) is 25.3. The van der Waals surface area contributed by atoms with Gasteiger partial charge in [0.25, 0.3) is 10.0 Å². The first-order chi connectivity index (χ1) is 18.8. The molecule has 11 heteroatoms. The molecule has 0 saturated carbocycles. The van der Waals surface area contributed by atoms with Crippen molar-refractivity contribution in [1.82, 2.24) is 10.2 Å². The molecule has 3 aromatic rings. The quantitative estimate of drug-likeness (QED) is 0.313. The Morgan fingerprint density at radius 2 is 1.65 bits per heavy atom. The molecule has 0 fully saturated rings. The van der Waals surface area contributed by atoms with E-state index in [0.717, 1.165) is 9.87 Å². The van der Waals surface area contributed by atoms with E-state index in [1.54, 1.807) is 43.3 Å². The second kappa shape index (κ2) is 13.4. The topological polar surface area (TPSA) is 96.0 Å². The summed E-state index contributed by atoms with van der Waals surface area (Å²) in [5.41, 5.74) is 1.74. The number of rotatable bonds is 11. The summed E-state index contributed by atoms with van der Waals surface area (Å²) >= 11 is 12.5. The van der Waals surface area contributed by atoms with Crippen molar-refractivity contribution in [2.24, 2.45) is 0 Å². The molecular weight excluding hydrogens is 573 g/mol. The van der Waals surface area contributed by atoms with Crippen LogP contribution in [0, 0.1) is 6.92 Å². The number of methoxy groups -OCH3 is 1. The Kier molecular flexibility index (Phi) is 10.5. The van der Waals surface area contributed by atoms with Crippen molar-refractivity contribution in [1.29, 1.82) is 0 Å². The van der Waals surface area contributed by atoms with Crippen molar-refractivity contribution in [2.45, 2.75) is 51.2 Å². The summed E-state index contributed by atoms with van der Waals surface area (Å²) in [5.74, 6) is -0.606. The van der Waals surface area contributed by atoms with Gasteiger partial charge < -0.3 is 15.0 Å². The molecule has 0 bridgehead atoms. The van der Waals surface area contributed by atoms with Gasteiger partial charge in [-0.25, -0.2) is 8.42 Å². The fourth-order valence-corrected chi connectivity index (χ4v) is 5.87. The maximum Gasteiger partial charge on any atom is 0.264 e. The minimum atomic E-state index is -4.22. The van der Waals surface area contributed by atoms with Crippen molar-refractivity contribution in [3.63, 3.8) is 0 Å². The number of amides is 2. The van der Waals surface area contributed by atoms with E-state index in [1.807, 2.05) is 20.8 Å². The molecule has 0 aliphatic rings. The lowest BCUT2D eigenvalue weighted by molar-refractivity contribution is -0.139. The third-order valence-electron chi connectivity index (χ3n) is 6.15. The van der Waals surface area contributed by atoms with Gasteiger partial charge in [-0.1, -0.05) is 53.0 Å². The Bertz CT molecular complexity index is 1460. The van der Waals surface area contributed by atoms with Crippen LogP contribution in [0.15, 0.2) is 71.6 Å². The number of carbonyl (C=O) groups is 2. The number of carbonyl (C=O) groups excluding carboxylic acids is 2. The first kappa shape index (κ1) is 31.3. The number of ether oxygens (including phenoxy) is 1. The van der Waals surface area contributed by atoms with Gasteiger partial charge in [0.05, 0.1) is 22.7 Å². The molecule has 3 rings (SSSR count). The predicted octanol–water partition coefficient (Wildman–Crippen LogP) is 5.45. The normalized spacial score (nSPS) is 12.1. The van der Waals surface area contributed by atoms with Crippen molar-refractivity contribution < 1.29 is 22.7 Å². The van der Waals surface area contributed by atoms with Gasteiger partial charge in [-0.15, -0.1) is 0 Å². The van der Waals surface area contributed by atoms with Gasteiger partial charge in [0.15, 0.2) is 0 Å². The van der Waals surface area contributed by atoms with E-state index in [9.17, 15) is 18.0 Å². The number of hydrogen-bond acceptors (Lipinski definition) is 5. The molecular formula is C29H33Cl2N3O5S. The van der Waals surface area contributed by atoms with Gasteiger partial charge in [-0.2, -0.15) is 0 Å². The highest BCUT2D eigenvalue weighted by atomic mass is 35.5. The van der Waals surface area contributed by atoms with E-state index >= 15 is 0 Å². The van der Waals surface area contributed by atoms with Crippen LogP contribution in [0.1, 0.15) is 31.9 Å². The molecule has 0 aliphatic carbocycles. The summed E-state index contributed by atoms with van der Waals surface area (Å²) in [6.07, 6.45) is 0. The monoisotopic (exact) mass is 605 g/mol. The minimum Gasteiger partial charge on any atom is -0.495 e. The highest BCUT2D eigenvalue weighted by Gasteiger charge is 2.33. The fraction of sp³-hybridized carbons (Fsp3) is 0.310. The summed E-state index contributed by atoms with van der Waals surface area (Å²) in [4.78, 5) is 28.3. The zero-order chi connectivity index (χ0) is 29.6. The molecule has 0 radical (unpaired) electrons. The number of nitrogens with zero attached hydrogens (tertiary/aromatic N) is 2. The number of halogens is 2. The number of aryl methyl sites for hydroxylation is 1. The Morgan fingerprint density at radius 1 is 0.975 bits per heavy atom. The van der Waals surface area contributed by atoms with E-state index < -0.39 is 28.5 Å². The molecule has 1 atom stereocenters. The van der Waals surface area contributed by atoms with E-state index in [-0.39, 0.29) is 34.1 Å². The van der Waals surface area contributed by atoms with Crippen LogP contribution in [-0.2, 0) is 26.2 Å². The van der Waals surface area contributed by atoms with Crippen molar-refractivity contribution in [2.75, 3.05) is 18.0 Å². The highest BCUT2D eigenvalue weighted by molar-refractivity contribution is 7.92. The molecule has 40 heavy (non-hydrogen) atoms. The minimum absolute atomic E-state index is 0.00447. The Labute approximate surface area is 245 Å². The number of anilines is 1. The second-order valence-corrected chi connectivity index (χ2v) is 12.3. The Balaban J connectivity index is 2.07. The maximum absolute atomic E-state index is 13.9. The molecule has 0 heterocycles. The van der Waals surface area contributed by atoms with E-state index in [1.165, 1.54) is 42.3 Å². The molecule has 1 N–H and O–H groups in total. The Morgan fingerprint density at radius 3 is 2.23 bits per heavy atom. The van der Waals surface area contributed by atoms with E-state index in [0.29, 0.717) is 16.3 Å². The van der Waals surface area contributed by atoms with Crippen LogP contribution in [0.3, 0.4) is 0 Å². The van der Waals surface area contributed by atoms with Gasteiger partial charge in [-0.05, 0) is 75.7 Å².